The van der Waals surface area contributed by atoms with Crippen molar-refractivity contribution in [1.82, 2.24) is 0 Å². The van der Waals surface area contributed by atoms with E-state index in [9.17, 15) is 0 Å². The van der Waals surface area contributed by atoms with Crippen LogP contribution in [0.2, 0.25) is 0 Å². The molecule has 6 rings (SSSR count). The Labute approximate surface area is 256 Å². The minimum atomic E-state index is -0.188. The van der Waals surface area contributed by atoms with Crippen molar-refractivity contribution in [3.05, 3.63) is 120 Å². The Balaban J connectivity index is 1.38. The predicted molar refractivity (Wildman–Crippen MR) is 181 cm³/mol. The zero-order valence-electron chi connectivity index (χ0n) is 26.7. The van der Waals surface area contributed by atoms with Crippen molar-refractivity contribution >= 4 is 38.6 Å². The van der Waals surface area contributed by atoms with E-state index in [1.54, 1.807) is 14.2 Å². The predicted octanol–water partition coefficient (Wildman–Crippen LogP) is 9.15. The molecule has 4 aromatic rings. The SMILES string of the molecule is COC(C)N1/C(=C/C=C/C=C/C2=[N+](C(C)OC)c3ccc4ccccc4c3C2(C)C)C(C)(C)c2c1ccc1ccccc21. The van der Waals surface area contributed by atoms with Crippen molar-refractivity contribution < 1.29 is 14.0 Å². The highest BCUT2D eigenvalue weighted by Gasteiger charge is 2.47. The lowest BCUT2D eigenvalue weighted by atomic mass is 9.79. The molecule has 2 heterocycles. The molecule has 0 saturated heterocycles. The summed E-state index contributed by atoms with van der Waals surface area (Å²) in [4.78, 5) is 2.34. The summed E-state index contributed by atoms with van der Waals surface area (Å²) in [6, 6.07) is 26.3. The number of allylic oxidation sites excluding steroid dienone is 6. The molecule has 2 atom stereocenters. The molecular formula is C39H43N2O2+. The topological polar surface area (TPSA) is 24.7 Å². The summed E-state index contributed by atoms with van der Waals surface area (Å²) in [7, 11) is 3.56. The second kappa shape index (κ2) is 10.9. The van der Waals surface area contributed by atoms with E-state index < -0.39 is 0 Å². The summed E-state index contributed by atoms with van der Waals surface area (Å²) in [5.74, 6) is 0. The van der Waals surface area contributed by atoms with Gasteiger partial charge in [0.1, 0.15) is 6.23 Å². The van der Waals surface area contributed by atoms with Crippen LogP contribution in [0.3, 0.4) is 0 Å². The molecule has 0 saturated carbocycles. The highest BCUT2D eigenvalue weighted by atomic mass is 16.5. The van der Waals surface area contributed by atoms with Gasteiger partial charge >= 0.3 is 0 Å². The molecule has 4 aromatic carbocycles. The van der Waals surface area contributed by atoms with Gasteiger partial charge in [0.25, 0.3) is 6.23 Å². The number of benzene rings is 4. The molecule has 4 heteroatoms. The van der Waals surface area contributed by atoms with Gasteiger partial charge in [0.15, 0.2) is 5.71 Å². The van der Waals surface area contributed by atoms with Crippen LogP contribution in [0.15, 0.2) is 109 Å². The van der Waals surface area contributed by atoms with E-state index in [-0.39, 0.29) is 23.3 Å². The fourth-order valence-electron chi connectivity index (χ4n) is 7.28. The molecule has 0 aromatic heterocycles. The number of nitrogens with zero attached hydrogens (tertiary/aromatic N) is 2. The monoisotopic (exact) mass is 571 g/mol. The molecule has 0 aliphatic carbocycles. The Morgan fingerprint density at radius 3 is 1.98 bits per heavy atom. The van der Waals surface area contributed by atoms with Crippen molar-refractivity contribution in [2.24, 2.45) is 0 Å². The maximum atomic E-state index is 5.88. The first-order valence-electron chi connectivity index (χ1n) is 15.2. The standard InChI is InChI=1S/C39H43N2O2/c1-26(42-7)40-32-24-22-28-16-12-14-18-30(28)36(32)38(3,4)34(40)20-10-9-11-21-35-39(5,6)37-31-19-15-13-17-29(31)23-25-33(37)41(35)27(2)43-8/h9-27H,1-8H3/q+1. The quantitative estimate of drug-likeness (QED) is 0.163. The molecule has 0 radical (unpaired) electrons. The zero-order valence-corrected chi connectivity index (χ0v) is 26.7. The Hall–Kier alpha value is -3.99. The molecule has 4 nitrogen and oxygen atoms in total. The first-order chi connectivity index (χ1) is 20.6. The van der Waals surface area contributed by atoms with E-state index >= 15 is 0 Å². The van der Waals surface area contributed by atoms with Crippen LogP contribution < -0.4 is 4.90 Å². The molecule has 2 aliphatic rings. The van der Waals surface area contributed by atoms with Gasteiger partial charge in [-0.25, -0.2) is 0 Å². The average molecular weight is 572 g/mol. The lowest BCUT2D eigenvalue weighted by Crippen LogP contribution is -2.34. The van der Waals surface area contributed by atoms with E-state index in [0.717, 1.165) is 0 Å². The average Bonchev–Trinajstić information content (AvgIpc) is 3.39. The van der Waals surface area contributed by atoms with Crippen LogP contribution in [-0.4, -0.2) is 37.0 Å². The number of methoxy groups -OCH3 is 2. The first kappa shape index (κ1) is 29.1. The molecule has 0 N–H and O–H groups in total. The second-order valence-corrected chi connectivity index (χ2v) is 12.7. The third-order valence-corrected chi connectivity index (χ3v) is 9.52. The zero-order chi connectivity index (χ0) is 30.5. The Morgan fingerprint density at radius 2 is 1.33 bits per heavy atom. The van der Waals surface area contributed by atoms with Gasteiger partial charge in [-0.3, -0.25) is 0 Å². The molecule has 0 amide bonds. The van der Waals surface area contributed by atoms with Gasteiger partial charge < -0.3 is 14.4 Å². The van der Waals surface area contributed by atoms with Crippen molar-refractivity contribution in [1.29, 1.82) is 0 Å². The highest BCUT2D eigenvalue weighted by Crippen LogP contribution is 2.51. The molecule has 2 unspecified atom stereocenters. The van der Waals surface area contributed by atoms with Crippen LogP contribution in [0, 0.1) is 0 Å². The van der Waals surface area contributed by atoms with Gasteiger partial charge in [0.2, 0.25) is 5.69 Å². The van der Waals surface area contributed by atoms with E-state index in [1.165, 1.54) is 55.5 Å². The summed E-state index contributed by atoms with van der Waals surface area (Å²) in [6.07, 6.45) is 10.8. The minimum absolute atomic E-state index is 0.0934. The number of anilines is 1. The summed E-state index contributed by atoms with van der Waals surface area (Å²) >= 11 is 0. The third kappa shape index (κ3) is 4.56. The Morgan fingerprint density at radius 1 is 0.698 bits per heavy atom. The summed E-state index contributed by atoms with van der Waals surface area (Å²) in [6.45, 7) is 13.5. The number of fused-ring (bicyclic) bond motifs is 6. The van der Waals surface area contributed by atoms with Gasteiger partial charge in [0, 0.05) is 55.6 Å². The van der Waals surface area contributed by atoms with E-state index in [1.807, 2.05) is 0 Å². The number of rotatable bonds is 7. The van der Waals surface area contributed by atoms with E-state index in [0.29, 0.717) is 0 Å². The minimum Gasteiger partial charge on any atom is -0.362 e. The van der Waals surface area contributed by atoms with E-state index in [4.69, 9.17) is 9.47 Å². The van der Waals surface area contributed by atoms with Gasteiger partial charge in [-0.2, -0.15) is 4.58 Å². The van der Waals surface area contributed by atoms with Crippen LogP contribution in [0.4, 0.5) is 11.4 Å². The van der Waals surface area contributed by atoms with Crippen molar-refractivity contribution in [2.45, 2.75) is 64.8 Å². The van der Waals surface area contributed by atoms with Crippen molar-refractivity contribution in [3.63, 3.8) is 0 Å². The van der Waals surface area contributed by atoms with Crippen LogP contribution in [-0.2, 0) is 20.3 Å². The van der Waals surface area contributed by atoms with Gasteiger partial charge in [-0.15, -0.1) is 0 Å². The van der Waals surface area contributed by atoms with Crippen LogP contribution in [0.25, 0.3) is 21.5 Å². The lowest BCUT2D eigenvalue weighted by molar-refractivity contribution is -0.532. The van der Waals surface area contributed by atoms with Crippen LogP contribution in [0.5, 0.6) is 0 Å². The fraction of sp³-hybridized carbons (Fsp3) is 0.308. The van der Waals surface area contributed by atoms with Crippen LogP contribution in [0.1, 0.15) is 52.7 Å². The summed E-state index contributed by atoms with van der Waals surface area (Å²) in [5.41, 5.74) is 7.19. The largest absolute Gasteiger partial charge is 0.362 e. The molecule has 220 valence electrons. The van der Waals surface area contributed by atoms with Gasteiger partial charge in [0.05, 0.1) is 5.41 Å². The second-order valence-electron chi connectivity index (χ2n) is 12.7. The molecule has 43 heavy (non-hydrogen) atoms. The van der Waals surface area contributed by atoms with E-state index in [2.05, 4.69) is 154 Å². The molecular weight excluding hydrogens is 528 g/mol. The summed E-state index contributed by atoms with van der Waals surface area (Å²) in [5, 5.41) is 5.12. The highest BCUT2D eigenvalue weighted by molar-refractivity contribution is 6.07. The Kier molecular flexibility index (Phi) is 7.40. The number of hydrogen-bond acceptors (Lipinski definition) is 3. The van der Waals surface area contributed by atoms with Crippen LogP contribution >= 0.6 is 0 Å². The normalized spacial score (nSPS) is 19.7. The Bertz CT molecular complexity index is 1840. The number of hydrogen-bond donors (Lipinski definition) is 0. The van der Waals surface area contributed by atoms with Gasteiger partial charge in [-0.1, -0.05) is 86.7 Å². The molecule has 0 bridgehead atoms. The van der Waals surface area contributed by atoms with Gasteiger partial charge in [-0.05, 0) is 66.1 Å². The molecule has 2 aliphatic heterocycles. The molecule has 0 spiro atoms. The molecule has 0 fully saturated rings. The van der Waals surface area contributed by atoms with Crippen molar-refractivity contribution in [3.8, 4) is 0 Å². The fourth-order valence-corrected chi connectivity index (χ4v) is 7.28. The third-order valence-electron chi connectivity index (χ3n) is 9.52. The van der Waals surface area contributed by atoms with Crippen molar-refractivity contribution in [2.75, 3.05) is 19.1 Å². The smallest absolute Gasteiger partial charge is 0.260 e. The summed E-state index contributed by atoms with van der Waals surface area (Å²) < 4.78 is 14.1. The maximum absolute atomic E-state index is 5.88. The lowest BCUT2D eigenvalue weighted by Gasteiger charge is -2.31. The number of ether oxygens (including phenoxy) is 2. The maximum Gasteiger partial charge on any atom is 0.260 e. The first-order valence-corrected chi connectivity index (χ1v) is 15.2.